The lowest BCUT2D eigenvalue weighted by molar-refractivity contribution is 0.179. The summed E-state index contributed by atoms with van der Waals surface area (Å²) in [6, 6.07) is 0.269. The molecule has 0 aliphatic carbocycles. The molecule has 0 heterocycles. The van der Waals surface area contributed by atoms with Gasteiger partial charge >= 0.3 is 0 Å². The Morgan fingerprint density at radius 1 is 1.26 bits per heavy atom. The highest BCUT2D eigenvalue weighted by Gasteiger charge is 2.04. The lowest BCUT2D eigenvalue weighted by atomic mass is 10.3. The predicted octanol–water partition coefficient (Wildman–Crippen LogP) is 1.31. The van der Waals surface area contributed by atoms with E-state index in [4.69, 9.17) is 4.74 Å². The summed E-state index contributed by atoms with van der Waals surface area (Å²) in [4.78, 5) is 7.01. The molecule has 1 atom stereocenters. The molecule has 5 nitrogen and oxygen atoms in total. The summed E-state index contributed by atoms with van der Waals surface area (Å²) in [6.07, 6.45) is 1.09. The molecule has 0 radical (unpaired) electrons. The molecular weight excluding hydrogens is 240 g/mol. The zero-order chi connectivity index (χ0) is 14.5. The average molecular weight is 272 g/mol. The summed E-state index contributed by atoms with van der Waals surface area (Å²) in [5.74, 6) is 0.881. The standard InChI is InChI=1S/C14H32N4O/c1-6-15-14(17-13(4)12-19-5)16-10-9-11-18(7-2)8-3/h13H,6-12H2,1-5H3,(H2,15,16,17). The summed E-state index contributed by atoms with van der Waals surface area (Å²) in [5, 5.41) is 6.59. The second kappa shape index (κ2) is 12.2. The Morgan fingerprint density at radius 3 is 2.47 bits per heavy atom. The quantitative estimate of drug-likeness (QED) is 0.358. The number of hydrogen-bond donors (Lipinski definition) is 2. The van der Waals surface area contributed by atoms with E-state index in [-0.39, 0.29) is 6.04 Å². The molecule has 0 saturated heterocycles. The zero-order valence-corrected chi connectivity index (χ0v) is 13.3. The van der Waals surface area contributed by atoms with E-state index in [1.54, 1.807) is 7.11 Å². The van der Waals surface area contributed by atoms with Crippen LogP contribution < -0.4 is 10.6 Å². The predicted molar refractivity (Wildman–Crippen MR) is 82.9 cm³/mol. The van der Waals surface area contributed by atoms with E-state index in [1.165, 1.54) is 0 Å². The Labute approximate surface area is 118 Å². The largest absolute Gasteiger partial charge is 0.383 e. The molecule has 5 heteroatoms. The second-order valence-electron chi connectivity index (χ2n) is 4.64. The van der Waals surface area contributed by atoms with Gasteiger partial charge in [-0.2, -0.15) is 0 Å². The molecular formula is C14H32N4O. The normalized spacial score (nSPS) is 13.7. The smallest absolute Gasteiger partial charge is 0.191 e. The van der Waals surface area contributed by atoms with Crippen LogP contribution in [0.2, 0.25) is 0 Å². The second-order valence-corrected chi connectivity index (χ2v) is 4.64. The van der Waals surface area contributed by atoms with Gasteiger partial charge in [0.05, 0.1) is 6.61 Å². The third-order valence-electron chi connectivity index (χ3n) is 2.94. The monoisotopic (exact) mass is 272 g/mol. The van der Waals surface area contributed by atoms with E-state index in [0.29, 0.717) is 6.61 Å². The highest BCUT2D eigenvalue weighted by molar-refractivity contribution is 5.80. The van der Waals surface area contributed by atoms with E-state index in [0.717, 1.165) is 45.1 Å². The Balaban J connectivity index is 4.04. The number of ether oxygens (including phenoxy) is 1. The van der Waals surface area contributed by atoms with Crippen LogP contribution in [0, 0.1) is 0 Å². The van der Waals surface area contributed by atoms with Crippen molar-refractivity contribution in [2.45, 2.75) is 40.2 Å². The number of rotatable bonds is 10. The Bertz CT molecular complexity index is 229. The summed E-state index contributed by atoms with van der Waals surface area (Å²) in [7, 11) is 1.71. The third kappa shape index (κ3) is 9.73. The lowest BCUT2D eigenvalue weighted by Crippen LogP contribution is -2.44. The first-order valence-corrected chi connectivity index (χ1v) is 7.43. The number of hydrogen-bond acceptors (Lipinski definition) is 3. The Morgan fingerprint density at radius 2 is 1.95 bits per heavy atom. The molecule has 2 N–H and O–H groups in total. The van der Waals surface area contributed by atoms with Gasteiger partial charge in [0.25, 0.3) is 0 Å². The molecule has 0 amide bonds. The van der Waals surface area contributed by atoms with Crippen molar-refractivity contribution in [3.63, 3.8) is 0 Å². The van der Waals surface area contributed by atoms with Crippen LogP contribution in [0.25, 0.3) is 0 Å². The van der Waals surface area contributed by atoms with Crippen molar-refractivity contribution in [3.8, 4) is 0 Å². The fraction of sp³-hybridized carbons (Fsp3) is 0.929. The van der Waals surface area contributed by atoms with Crippen molar-refractivity contribution in [2.75, 3.05) is 46.4 Å². The maximum absolute atomic E-state index is 5.12. The molecule has 1 unspecified atom stereocenters. The van der Waals surface area contributed by atoms with Gasteiger partial charge in [-0.15, -0.1) is 0 Å². The van der Waals surface area contributed by atoms with Crippen molar-refractivity contribution in [1.29, 1.82) is 0 Å². The summed E-state index contributed by atoms with van der Waals surface area (Å²) >= 11 is 0. The number of nitrogens with one attached hydrogen (secondary N) is 2. The fourth-order valence-corrected chi connectivity index (χ4v) is 1.87. The van der Waals surface area contributed by atoms with Gasteiger partial charge in [0.15, 0.2) is 5.96 Å². The van der Waals surface area contributed by atoms with Crippen LogP contribution in [0.1, 0.15) is 34.1 Å². The number of aliphatic imine (C=N–C) groups is 1. The van der Waals surface area contributed by atoms with Crippen LogP contribution in [-0.4, -0.2) is 63.3 Å². The van der Waals surface area contributed by atoms with E-state index in [2.05, 4.69) is 48.2 Å². The number of nitrogens with zero attached hydrogens (tertiary/aromatic N) is 2. The Hall–Kier alpha value is -0.810. The van der Waals surface area contributed by atoms with E-state index in [1.807, 2.05) is 0 Å². The Kier molecular flexibility index (Phi) is 11.7. The van der Waals surface area contributed by atoms with Crippen molar-refractivity contribution in [3.05, 3.63) is 0 Å². The summed E-state index contributed by atoms with van der Waals surface area (Å²) < 4.78 is 5.12. The fourth-order valence-electron chi connectivity index (χ4n) is 1.87. The van der Waals surface area contributed by atoms with Gasteiger partial charge in [-0.1, -0.05) is 13.8 Å². The molecule has 0 aromatic rings. The minimum absolute atomic E-state index is 0.269. The minimum Gasteiger partial charge on any atom is -0.383 e. The molecule has 114 valence electrons. The number of methoxy groups -OCH3 is 1. The zero-order valence-electron chi connectivity index (χ0n) is 13.3. The van der Waals surface area contributed by atoms with Crippen LogP contribution in [0.15, 0.2) is 4.99 Å². The minimum atomic E-state index is 0.269. The van der Waals surface area contributed by atoms with Crippen LogP contribution in [0.4, 0.5) is 0 Å². The van der Waals surface area contributed by atoms with E-state index >= 15 is 0 Å². The van der Waals surface area contributed by atoms with Gasteiger partial charge < -0.3 is 20.3 Å². The van der Waals surface area contributed by atoms with Crippen molar-refractivity contribution >= 4 is 5.96 Å². The summed E-state index contributed by atoms with van der Waals surface area (Å²) in [5.41, 5.74) is 0. The third-order valence-corrected chi connectivity index (χ3v) is 2.94. The first-order chi connectivity index (χ1) is 9.17. The highest BCUT2D eigenvalue weighted by Crippen LogP contribution is 1.91. The molecule has 0 fully saturated rings. The van der Waals surface area contributed by atoms with Crippen LogP contribution in [0.5, 0.6) is 0 Å². The summed E-state index contributed by atoms with van der Waals surface area (Å²) in [6.45, 7) is 14.3. The maximum Gasteiger partial charge on any atom is 0.191 e. The SMILES string of the molecule is CCNC(=NCCCN(CC)CC)NC(C)COC. The first-order valence-electron chi connectivity index (χ1n) is 7.43. The van der Waals surface area contributed by atoms with Crippen molar-refractivity contribution in [2.24, 2.45) is 4.99 Å². The van der Waals surface area contributed by atoms with Crippen LogP contribution in [0.3, 0.4) is 0 Å². The molecule has 0 rings (SSSR count). The van der Waals surface area contributed by atoms with Gasteiger partial charge in [-0.05, 0) is 39.9 Å². The van der Waals surface area contributed by atoms with Gasteiger partial charge in [-0.3, -0.25) is 4.99 Å². The van der Waals surface area contributed by atoms with Crippen molar-refractivity contribution < 1.29 is 4.74 Å². The lowest BCUT2D eigenvalue weighted by Gasteiger charge is -2.18. The van der Waals surface area contributed by atoms with E-state index < -0.39 is 0 Å². The highest BCUT2D eigenvalue weighted by atomic mass is 16.5. The molecule has 0 aliphatic heterocycles. The van der Waals surface area contributed by atoms with Gasteiger partial charge in [-0.25, -0.2) is 0 Å². The maximum atomic E-state index is 5.12. The first kappa shape index (κ1) is 18.2. The molecule has 19 heavy (non-hydrogen) atoms. The van der Waals surface area contributed by atoms with Gasteiger partial charge in [0, 0.05) is 26.2 Å². The van der Waals surface area contributed by atoms with E-state index in [9.17, 15) is 0 Å². The molecule has 0 aromatic carbocycles. The van der Waals surface area contributed by atoms with Crippen molar-refractivity contribution in [1.82, 2.24) is 15.5 Å². The van der Waals surface area contributed by atoms with Gasteiger partial charge in [0.1, 0.15) is 0 Å². The average Bonchev–Trinajstić information content (AvgIpc) is 2.39. The number of guanidine groups is 1. The topological polar surface area (TPSA) is 48.9 Å². The molecule has 0 aliphatic rings. The molecule has 0 saturated carbocycles. The molecule has 0 spiro atoms. The molecule has 0 bridgehead atoms. The molecule has 0 aromatic heterocycles. The van der Waals surface area contributed by atoms with Crippen LogP contribution >= 0.6 is 0 Å². The van der Waals surface area contributed by atoms with Gasteiger partial charge in [0.2, 0.25) is 0 Å². The van der Waals surface area contributed by atoms with Crippen LogP contribution in [-0.2, 0) is 4.74 Å².